The first kappa shape index (κ1) is 19.6. The van der Waals surface area contributed by atoms with Crippen molar-refractivity contribution in [2.75, 3.05) is 6.54 Å². The highest BCUT2D eigenvalue weighted by Crippen LogP contribution is 2.20. The molecule has 0 fully saturated rings. The number of benzene rings is 2. The molecule has 0 bridgehead atoms. The first-order valence-electron chi connectivity index (χ1n) is 9.56. The molecule has 3 rings (SSSR count). The summed E-state index contributed by atoms with van der Waals surface area (Å²) in [7, 11) is -3.47. The fourth-order valence-corrected chi connectivity index (χ4v) is 4.29. The van der Waals surface area contributed by atoms with Crippen LogP contribution in [0.15, 0.2) is 71.2 Å². The van der Waals surface area contributed by atoms with Gasteiger partial charge in [0.1, 0.15) is 0 Å². The lowest BCUT2D eigenvalue weighted by molar-refractivity contribution is 0.581. The topological polar surface area (TPSA) is 46.2 Å². The second-order valence-electron chi connectivity index (χ2n) is 7.02. The second-order valence-corrected chi connectivity index (χ2v) is 8.78. The molecule has 3 nitrogen and oxygen atoms in total. The van der Waals surface area contributed by atoms with Gasteiger partial charge in [0.2, 0.25) is 10.0 Å². The highest BCUT2D eigenvalue weighted by Gasteiger charge is 2.13. The highest BCUT2D eigenvalue weighted by atomic mass is 32.2. The SMILES string of the molecule is Cc1ccc(S(=O)(=O)NCCc2ccccc2/C=C/C2=CCCCC2)cc1. The van der Waals surface area contributed by atoms with E-state index in [4.69, 9.17) is 0 Å². The van der Waals surface area contributed by atoms with Crippen molar-refractivity contribution in [1.29, 1.82) is 0 Å². The smallest absolute Gasteiger partial charge is 0.211 e. The zero-order valence-corrected chi connectivity index (χ0v) is 16.6. The summed E-state index contributed by atoms with van der Waals surface area (Å²) >= 11 is 0. The van der Waals surface area contributed by atoms with Gasteiger partial charge in [-0.25, -0.2) is 13.1 Å². The van der Waals surface area contributed by atoms with E-state index in [1.165, 1.54) is 24.8 Å². The van der Waals surface area contributed by atoms with Crippen molar-refractivity contribution in [2.24, 2.45) is 0 Å². The van der Waals surface area contributed by atoms with Crippen molar-refractivity contribution < 1.29 is 8.42 Å². The van der Waals surface area contributed by atoms with Crippen LogP contribution in [0.2, 0.25) is 0 Å². The molecule has 2 aromatic carbocycles. The van der Waals surface area contributed by atoms with Crippen LogP contribution in [-0.4, -0.2) is 15.0 Å². The fraction of sp³-hybridized carbons (Fsp3) is 0.304. The lowest BCUT2D eigenvalue weighted by Gasteiger charge is -2.10. The molecule has 142 valence electrons. The number of hydrogen-bond acceptors (Lipinski definition) is 2. The van der Waals surface area contributed by atoms with Crippen LogP contribution in [-0.2, 0) is 16.4 Å². The summed E-state index contributed by atoms with van der Waals surface area (Å²) in [6.07, 6.45) is 12.2. The lowest BCUT2D eigenvalue weighted by Crippen LogP contribution is -2.26. The number of aryl methyl sites for hydroxylation is 1. The molecule has 0 heterocycles. The van der Waals surface area contributed by atoms with Crippen molar-refractivity contribution in [2.45, 2.75) is 43.9 Å². The Hall–Kier alpha value is -2.17. The Labute approximate surface area is 162 Å². The molecule has 1 N–H and O–H groups in total. The quantitative estimate of drug-likeness (QED) is 0.731. The summed E-state index contributed by atoms with van der Waals surface area (Å²) in [5, 5.41) is 0. The van der Waals surface area contributed by atoms with Gasteiger partial charge in [0.15, 0.2) is 0 Å². The van der Waals surface area contributed by atoms with Crippen LogP contribution < -0.4 is 4.72 Å². The van der Waals surface area contributed by atoms with Crippen molar-refractivity contribution in [3.63, 3.8) is 0 Å². The van der Waals surface area contributed by atoms with Gasteiger partial charge in [0, 0.05) is 6.54 Å². The van der Waals surface area contributed by atoms with Gasteiger partial charge in [-0.15, -0.1) is 0 Å². The predicted octanol–water partition coefficient (Wildman–Crippen LogP) is 5.03. The molecular formula is C23H27NO2S. The molecule has 2 aromatic rings. The van der Waals surface area contributed by atoms with Crippen molar-refractivity contribution in [1.82, 2.24) is 4.72 Å². The first-order valence-corrected chi connectivity index (χ1v) is 11.0. The third kappa shape index (κ3) is 5.65. The summed E-state index contributed by atoms with van der Waals surface area (Å²) in [5.41, 5.74) is 4.74. The molecule has 1 aliphatic rings. The van der Waals surface area contributed by atoms with Crippen LogP contribution in [0, 0.1) is 6.92 Å². The number of nitrogens with one attached hydrogen (secondary N) is 1. The number of hydrogen-bond donors (Lipinski definition) is 1. The minimum absolute atomic E-state index is 0.311. The second kappa shape index (κ2) is 9.16. The van der Waals surface area contributed by atoms with Crippen LogP contribution in [0.1, 0.15) is 42.4 Å². The molecule has 1 aliphatic carbocycles. The molecule has 0 saturated heterocycles. The molecule has 0 unspecified atom stereocenters. The standard InChI is InChI=1S/C23H27NO2S/c1-19-11-15-23(16-12-19)27(25,26)24-18-17-22-10-6-5-9-21(22)14-13-20-7-3-2-4-8-20/h5-7,9-16,24H,2-4,8,17-18H2,1H3/b14-13+. The monoisotopic (exact) mass is 381 g/mol. The third-order valence-electron chi connectivity index (χ3n) is 4.88. The maximum absolute atomic E-state index is 12.4. The van der Waals surface area contributed by atoms with Gasteiger partial charge >= 0.3 is 0 Å². The minimum atomic E-state index is -3.47. The van der Waals surface area contributed by atoms with Gasteiger partial charge in [0.05, 0.1) is 4.90 Å². The van der Waals surface area contributed by atoms with Crippen molar-refractivity contribution in [3.8, 4) is 0 Å². The summed E-state index contributed by atoms with van der Waals surface area (Å²) in [6, 6.07) is 15.1. The summed E-state index contributed by atoms with van der Waals surface area (Å²) in [4.78, 5) is 0.311. The Morgan fingerprint density at radius 1 is 1.00 bits per heavy atom. The summed E-state index contributed by atoms with van der Waals surface area (Å²) in [6.45, 7) is 2.32. The lowest BCUT2D eigenvalue weighted by atomic mass is 9.97. The third-order valence-corrected chi connectivity index (χ3v) is 6.35. The van der Waals surface area contributed by atoms with Crippen molar-refractivity contribution in [3.05, 3.63) is 82.9 Å². The van der Waals surface area contributed by atoms with E-state index in [0.717, 1.165) is 23.1 Å². The van der Waals surface area contributed by atoms with Crippen LogP contribution in [0.3, 0.4) is 0 Å². The fourth-order valence-electron chi connectivity index (χ4n) is 3.26. The Morgan fingerprint density at radius 2 is 1.78 bits per heavy atom. The Morgan fingerprint density at radius 3 is 2.52 bits per heavy atom. The zero-order valence-electron chi connectivity index (χ0n) is 15.8. The molecule has 0 atom stereocenters. The Balaban J connectivity index is 1.63. The maximum atomic E-state index is 12.4. The van der Waals surface area contributed by atoms with E-state index in [-0.39, 0.29) is 0 Å². The van der Waals surface area contributed by atoms with E-state index in [9.17, 15) is 8.42 Å². The van der Waals surface area contributed by atoms with Crippen LogP contribution in [0.25, 0.3) is 6.08 Å². The zero-order chi connectivity index (χ0) is 19.1. The molecule has 27 heavy (non-hydrogen) atoms. The summed E-state index contributed by atoms with van der Waals surface area (Å²) in [5.74, 6) is 0. The Kier molecular flexibility index (Phi) is 6.64. The average Bonchev–Trinajstić information content (AvgIpc) is 2.68. The van der Waals surface area contributed by atoms with Gasteiger partial charge in [-0.2, -0.15) is 0 Å². The van der Waals surface area contributed by atoms with E-state index in [1.54, 1.807) is 12.1 Å². The molecule has 0 aromatic heterocycles. The first-order chi connectivity index (χ1) is 13.0. The maximum Gasteiger partial charge on any atom is 0.240 e. The average molecular weight is 382 g/mol. The Bertz CT molecular complexity index is 925. The highest BCUT2D eigenvalue weighted by molar-refractivity contribution is 7.89. The van der Waals surface area contributed by atoms with Gasteiger partial charge < -0.3 is 0 Å². The molecule has 0 radical (unpaired) electrons. The van der Waals surface area contributed by atoms with Crippen LogP contribution in [0.5, 0.6) is 0 Å². The molecule has 0 amide bonds. The number of allylic oxidation sites excluding steroid dienone is 3. The van der Waals surface area contributed by atoms with Crippen LogP contribution in [0.4, 0.5) is 0 Å². The van der Waals surface area contributed by atoms with E-state index >= 15 is 0 Å². The summed E-state index contributed by atoms with van der Waals surface area (Å²) < 4.78 is 27.5. The largest absolute Gasteiger partial charge is 0.240 e. The van der Waals surface area contributed by atoms with E-state index in [2.05, 4.69) is 35.1 Å². The predicted molar refractivity (Wildman–Crippen MR) is 112 cm³/mol. The van der Waals surface area contributed by atoms with E-state index in [1.807, 2.05) is 31.2 Å². The van der Waals surface area contributed by atoms with Gasteiger partial charge in [-0.1, -0.05) is 65.8 Å². The van der Waals surface area contributed by atoms with Crippen molar-refractivity contribution >= 4 is 16.1 Å². The molecule has 0 aliphatic heterocycles. The normalized spacial score (nSPS) is 15.1. The molecule has 4 heteroatoms. The molecular weight excluding hydrogens is 354 g/mol. The van der Waals surface area contributed by atoms with Crippen LogP contribution >= 0.6 is 0 Å². The number of sulfonamides is 1. The van der Waals surface area contributed by atoms with Gasteiger partial charge in [-0.3, -0.25) is 0 Å². The van der Waals surface area contributed by atoms with Gasteiger partial charge in [-0.05, 0) is 62.3 Å². The van der Waals surface area contributed by atoms with E-state index in [0.29, 0.717) is 17.9 Å². The molecule has 0 spiro atoms. The van der Waals surface area contributed by atoms with E-state index < -0.39 is 10.0 Å². The minimum Gasteiger partial charge on any atom is -0.211 e. The molecule has 0 saturated carbocycles. The van der Waals surface area contributed by atoms with Gasteiger partial charge in [0.25, 0.3) is 0 Å². The number of rotatable bonds is 7.